The molecule has 3 nitrogen and oxygen atoms in total. The van der Waals surface area contributed by atoms with Gasteiger partial charge in [0.15, 0.2) is 0 Å². The van der Waals surface area contributed by atoms with Crippen LogP contribution in [0.3, 0.4) is 0 Å². The van der Waals surface area contributed by atoms with Gasteiger partial charge >= 0.3 is 0 Å². The number of fused-ring (bicyclic) bond motifs is 13. The third kappa shape index (κ3) is 4.72. The third-order valence-electron chi connectivity index (χ3n) is 13.8. The van der Waals surface area contributed by atoms with E-state index in [0.29, 0.717) is 11.8 Å². The van der Waals surface area contributed by atoms with Crippen LogP contribution < -0.4 is 0 Å². The van der Waals surface area contributed by atoms with Crippen molar-refractivity contribution in [1.29, 1.82) is 0 Å². The van der Waals surface area contributed by atoms with Gasteiger partial charge in [-0.1, -0.05) is 146 Å². The average molecular weight is 776 g/mol. The topological polar surface area (TPSA) is 22.8 Å². The molecule has 3 heterocycles. The Morgan fingerprint density at radius 3 is 1.95 bits per heavy atom. The molecular formula is C58H37N3. The molecule has 9 aromatic carbocycles. The smallest absolute Gasteiger partial charge is 0.138 e. The molecule has 1 fully saturated rings. The van der Waals surface area contributed by atoms with Crippen LogP contribution in [0, 0.1) is 0 Å². The molecule has 14 rings (SSSR count). The van der Waals surface area contributed by atoms with Crippen molar-refractivity contribution in [2.24, 2.45) is 0 Å². The van der Waals surface area contributed by atoms with E-state index in [1.807, 2.05) is 0 Å². The van der Waals surface area contributed by atoms with Crippen LogP contribution in [0.15, 0.2) is 200 Å². The summed E-state index contributed by atoms with van der Waals surface area (Å²) >= 11 is 0. The van der Waals surface area contributed by atoms with E-state index in [9.17, 15) is 0 Å². The molecule has 2 unspecified atom stereocenters. The monoisotopic (exact) mass is 775 g/mol. The largest absolute Gasteiger partial charge is 0.309 e. The Balaban J connectivity index is 1.00. The van der Waals surface area contributed by atoms with Gasteiger partial charge in [0.05, 0.1) is 27.6 Å². The third-order valence-corrected chi connectivity index (χ3v) is 13.8. The summed E-state index contributed by atoms with van der Waals surface area (Å²) in [7, 11) is 0. The average Bonchev–Trinajstić information content (AvgIpc) is 3.98. The lowest BCUT2D eigenvalue weighted by Gasteiger charge is -2.15. The van der Waals surface area contributed by atoms with E-state index in [0.717, 1.165) is 27.8 Å². The second-order valence-electron chi connectivity index (χ2n) is 17.0. The Labute approximate surface area is 352 Å². The Bertz CT molecular complexity index is 3800. The predicted molar refractivity (Wildman–Crippen MR) is 254 cm³/mol. The first-order valence-electron chi connectivity index (χ1n) is 21.4. The summed E-state index contributed by atoms with van der Waals surface area (Å²) in [6.45, 7) is 0. The molecule has 0 radical (unpaired) electrons. The molecule has 0 amide bonds. The van der Waals surface area contributed by atoms with E-state index in [1.54, 1.807) is 0 Å². The van der Waals surface area contributed by atoms with Crippen LogP contribution in [-0.2, 0) is 0 Å². The number of benzene rings is 9. The van der Waals surface area contributed by atoms with Crippen molar-refractivity contribution < 1.29 is 0 Å². The fourth-order valence-corrected chi connectivity index (χ4v) is 11.1. The van der Waals surface area contributed by atoms with Gasteiger partial charge in [0.25, 0.3) is 0 Å². The lowest BCUT2D eigenvalue weighted by Crippen LogP contribution is -1.99. The van der Waals surface area contributed by atoms with Crippen LogP contribution in [0.2, 0.25) is 0 Å². The van der Waals surface area contributed by atoms with Crippen molar-refractivity contribution in [1.82, 2.24) is 14.1 Å². The molecule has 1 saturated carbocycles. The normalized spacial score (nSPS) is 15.5. The number of hydrogen-bond acceptors (Lipinski definition) is 1. The van der Waals surface area contributed by atoms with Crippen molar-refractivity contribution in [3.05, 3.63) is 211 Å². The van der Waals surface area contributed by atoms with Crippen LogP contribution in [0.25, 0.3) is 110 Å². The minimum Gasteiger partial charge on any atom is -0.309 e. The minimum absolute atomic E-state index is 0.585. The first-order valence-corrected chi connectivity index (χ1v) is 21.4. The van der Waals surface area contributed by atoms with Gasteiger partial charge in [-0.2, -0.15) is 0 Å². The number of rotatable bonds is 4. The van der Waals surface area contributed by atoms with Gasteiger partial charge < -0.3 is 4.57 Å². The fraction of sp³-hybridized carbons (Fsp3) is 0.0517. The molecule has 0 aliphatic heterocycles. The van der Waals surface area contributed by atoms with Crippen molar-refractivity contribution in [2.75, 3.05) is 0 Å². The van der Waals surface area contributed by atoms with Gasteiger partial charge in [0.1, 0.15) is 5.82 Å². The van der Waals surface area contributed by atoms with Crippen LogP contribution in [0.4, 0.5) is 0 Å². The zero-order chi connectivity index (χ0) is 39.8. The highest BCUT2D eigenvalue weighted by atomic mass is 15.1. The summed E-state index contributed by atoms with van der Waals surface area (Å²) in [4.78, 5) is 5.31. The summed E-state index contributed by atoms with van der Waals surface area (Å²) in [6.07, 6.45) is 1.24. The SMILES string of the molecule is c1ccc(-c2cc(-n3c4ccccc4c4cc(-c5ccc6c7c8cccc9c8c(cc7n(-c7ccccc7)c6c5)-c5ccccc5C5CC95)ccc43)nc3ccccc23)cc1. The van der Waals surface area contributed by atoms with Gasteiger partial charge in [-0.05, 0) is 128 Å². The molecule has 2 atom stereocenters. The Morgan fingerprint density at radius 2 is 1.05 bits per heavy atom. The summed E-state index contributed by atoms with van der Waals surface area (Å²) in [5, 5.41) is 8.98. The van der Waals surface area contributed by atoms with E-state index in [-0.39, 0.29) is 0 Å². The van der Waals surface area contributed by atoms with Gasteiger partial charge in [-0.3, -0.25) is 4.57 Å². The lowest BCUT2D eigenvalue weighted by molar-refractivity contribution is 1.05. The van der Waals surface area contributed by atoms with Crippen LogP contribution in [-0.4, -0.2) is 14.1 Å². The molecule has 0 bridgehead atoms. The molecule has 2 aliphatic rings. The maximum atomic E-state index is 5.31. The number of aromatic nitrogens is 3. The number of pyridine rings is 1. The highest BCUT2D eigenvalue weighted by molar-refractivity contribution is 6.25. The van der Waals surface area contributed by atoms with Crippen molar-refractivity contribution >= 4 is 65.3 Å². The minimum atomic E-state index is 0.585. The molecule has 0 spiro atoms. The Morgan fingerprint density at radius 1 is 0.361 bits per heavy atom. The first kappa shape index (κ1) is 33.1. The summed E-state index contributed by atoms with van der Waals surface area (Å²) in [5.74, 6) is 2.10. The van der Waals surface area contributed by atoms with Gasteiger partial charge in [0, 0.05) is 32.6 Å². The standard InChI is InChI=1S/C58H37N3/c1-3-14-35(15-4-1)46-34-56(59-51-24-11-9-20-41(46)51)61-52-25-12-10-21-42(52)49-30-36(27-29-53(49)61)37-26-28-44-54(31-37)60(38-16-5-2-6-17-38)55-33-50-40-19-8-7-18-39(40)47-32-48(47)43-22-13-23-45(57(43)50)58(44)55/h1-31,33-34,47-48H,32H2. The zero-order valence-electron chi connectivity index (χ0n) is 33.3. The summed E-state index contributed by atoms with van der Waals surface area (Å²) < 4.78 is 4.85. The summed E-state index contributed by atoms with van der Waals surface area (Å²) in [6, 6.07) is 74.0. The fourth-order valence-electron chi connectivity index (χ4n) is 11.1. The van der Waals surface area contributed by atoms with Crippen molar-refractivity contribution in [2.45, 2.75) is 18.3 Å². The molecule has 3 aromatic heterocycles. The number of para-hydroxylation sites is 3. The molecule has 0 N–H and O–H groups in total. The molecule has 3 heteroatoms. The predicted octanol–water partition coefficient (Wildman–Crippen LogP) is 15.2. The van der Waals surface area contributed by atoms with E-state index in [2.05, 4.69) is 209 Å². The van der Waals surface area contributed by atoms with Crippen LogP contribution >= 0.6 is 0 Å². The highest BCUT2D eigenvalue weighted by Crippen LogP contribution is 2.61. The highest BCUT2D eigenvalue weighted by Gasteiger charge is 2.44. The maximum absolute atomic E-state index is 5.31. The van der Waals surface area contributed by atoms with Crippen LogP contribution in [0.1, 0.15) is 29.4 Å². The Hall–Kier alpha value is -7.75. The maximum Gasteiger partial charge on any atom is 0.138 e. The van der Waals surface area contributed by atoms with Gasteiger partial charge in [-0.25, -0.2) is 4.98 Å². The number of hydrogen-bond donors (Lipinski definition) is 0. The van der Waals surface area contributed by atoms with E-state index in [4.69, 9.17) is 4.98 Å². The molecular weight excluding hydrogens is 739 g/mol. The molecule has 284 valence electrons. The molecule has 0 saturated heterocycles. The van der Waals surface area contributed by atoms with E-state index < -0.39 is 0 Å². The van der Waals surface area contributed by atoms with Crippen LogP contribution in [0.5, 0.6) is 0 Å². The van der Waals surface area contributed by atoms with Crippen molar-refractivity contribution in [3.8, 4) is 44.9 Å². The quantitative estimate of drug-likeness (QED) is 0.175. The number of nitrogens with zero attached hydrogens (tertiary/aromatic N) is 3. The van der Waals surface area contributed by atoms with Gasteiger partial charge in [0.2, 0.25) is 0 Å². The first-order chi connectivity index (χ1) is 30.3. The lowest BCUT2D eigenvalue weighted by atomic mass is 9.90. The second-order valence-corrected chi connectivity index (χ2v) is 17.0. The Kier molecular flexibility index (Phi) is 6.73. The van der Waals surface area contributed by atoms with Gasteiger partial charge in [-0.15, -0.1) is 0 Å². The summed E-state index contributed by atoms with van der Waals surface area (Å²) in [5.41, 5.74) is 17.4. The van der Waals surface area contributed by atoms with E-state index >= 15 is 0 Å². The van der Waals surface area contributed by atoms with E-state index in [1.165, 1.54) is 100.0 Å². The molecule has 2 aliphatic carbocycles. The molecule has 12 aromatic rings. The zero-order valence-corrected chi connectivity index (χ0v) is 33.3. The molecule has 61 heavy (non-hydrogen) atoms. The van der Waals surface area contributed by atoms with Crippen molar-refractivity contribution in [3.63, 3.8) is 0 Å². The second kappa shape index (κ2) is 12.4.